The normalized spacial score (nSPS) is 16.8. The summed E-state index contributed by atoms with van der Waals surface area (Å²) in [5, 5.41) is 11.0. The summed E-state index contributed by atoms with van der Waals surface area (Å²) in [5.41, 5.74) is 5.47. The van der Waals surface area contributed by atoms with Crippen LogP contribution in [0.3, 0.4) is 0 Å². The lowest BCUT2D eigenvalue weighted by Gasteiger charge is -2.25. The van der Waals surface area contributed by atoms with E-state index < -0.39 is 10.0 Å². The van der Waals surface area contributed by atoms with E-state index in [1.165, 1.54) is 39.3 Å². The molecule has 4 N–H and O–H groups in total. The van der Waals surface area contributed by atoms with Crippen molar-refractivity contribution >= 4 is 102 Å². The van der Waals surface area contributed by atoms with E-state index in [-0.39, 0.29) is 12.2 Å². The molecule has 3 aromatic carbocycles. The van der Waals surface area contributed by atoms with Crippen molar-refractivity contribution in [2.45, 2.75) is 66.8 Å². The predicted octanol–water partition coefficient (Wildman–Crippen LogP) is 2.13. The Labute approximate surface area is 332 Å². The SMILES string of the molecule is CC.CCNCC.CCn1c2c(c3ccccc31)=CC1=[NH+]c3c(Cl)c4c(c(Cl)c3OC1C=2)[NH+]=C1C=c2c(n(CC)c3ccccc23)=CC1O4.CNS(C)(=O)=O. The lowest BCUT2D eigenvalue weighted by atomic mass is 10.0. The van der Waals surface area contributed by atoms with Crippen molar-refractivity contribution in [3.05, 3.63) is 79.7 Å². The molecule has 0 spiro atoms. The number of hydrogen-bond donors (Lipinski definition) is 4. The molecule has 4 heterocycles. The van der Waals surface area contributed by atoms with Gasteiger partial charge in [-0.25, -0.2) is 23.1 Å². The quantitative estimate of drug-likeness (QED) is 0.218. The number of sulfonamides is 1. The Bertz CT molecular complexity index is 2550. The highest BCUT2D eigenvalue weighted by Crippen LogP contribution is 2.49. The van der Waals surface area contributed by atoms with Gasteiger partial charge in [-0.05, 0) is 58.3 Å². The van der Waals surface area contributed by atoms with Crippen molar-refractivity contribution in [1.29, 1.82) is 0 Å². The van der Waals surface area contributed by atoms with Crippen LogP contribution in [0.1, 0.15) is 41.5 Å². The van der Waals surface area contributed by atoms with Crippen molar-refractivity contribution in [1.82, 2.24) is 19.2 Å². The van der Waals surface area contributed by atoms with Gasteiger partial charge in [-0.15, -0.1) is 0 Å². The molecule has 13 heteroatoms. The third kappa shape index (κ3) is 7.48. The molecule has 2 aliphatic heterocycles. The molecule has 10 nitrogen and oxygen atoms in total. The molecule has 55 heavy (non-hydrogen) atoms. The fourth-order valence-electron chi connectivity index (χ4n) is 7.28. The minimum Gasteiger partial charge on any atom is -0.467 e. The van der Waals surface area contributed by atoms with Crippen LogP contribution in [0, 0.1) is 0 Å². The number of nitrogens with zero attached hydrogens (tertiary/aromatic N) is 2. The van der Waals surface area contributed by atoms with Crippen LogP contribution in [0.5, 0.6) is 11.5 Å². The Morgan fingerprint density at radius 1 is 0.709 bits per heavy atom. The van der Waals surface area contributed by atoms with Gasteiger partial charge in [0, 0.05) is 68.2 Å². The summed E-state index contributed by atoms with van der Waals surface area (Å²) in [6, 6.07) is 17.0. The zero-order chi connectivity index (χ0) is 39.6. The van der Waals surface area contributed by atoms with Gasteiger partial charge in [0.05, 0.1) is 6.26 Å². The molecule has 9 rings (SSSR count). The molecule has 2 atom stereocenters. The number of rotatable bonds is 5. The molecule has 4 aliphatic rings. The van der Waals surface area contributed by atoms with Gasteiger partial charge in [-0.2, -0.15) is 0 Å². The Kier molecular flexibility index (Phi) is 12.3. The number of fused-ring (bicyclic) bond motifs is 10. The first-order valence-corrected chi connectivity index (χ1v) is 21.5. The van der Waals surface area contributed by atoms with Crippen molar-refractivity contribution < 1.29 is 27.9 Å². The Morgan fingerprint density at radius 3 is 1.42 bits per heavy atom. The highest BCUT2D eigenvalue weighted by molar-refractivity contribution is 7.88. The van der Waals surface area contributed by atoms with Crippen LogP contribution in [0.4, 0.5) is 11.4 Å². The number of aryl methyl sites for hydroxylation is 2. The number of para-hydroxylation sites is 2. The molecule has 0 amide bonds. The molecule has 290 valence electrons. The molecule has 0 fully saturated rings. The first-order chi connectivity index (χ1) is 26.5. The van der Waals surface area contributed by atoms with E-state index in [0.29, 0.717) is 32.9 Å². The Hall–Kier alpha value is -4.39. The van der Waals surface area contributed by atoms with E-state index in [1.807, 2.05) is 13.8 Å². The Balaban J connectivity index is 0.000000347. The molecule has 2 unspecified atom stereocenters. The number of aromatic nitrogens is 2. The summed E-state index contributed by atoms with van der Waals surface area (Å²) in [6.45, 7) is 16.4. The van der Waals surface area contributed by atoms with E-state index in [4.69, 9.17) is 32.7 Å². The third-order valence-electron chi connectivity index (χ3n) is 9.76. The molecular weight excluding hydrogens is 755 g/mol. The zero-order valence-electron chi connectivity index (χ0n) is 32.6. The van der Waals surface area contributed by atoms with E-state index in [0.717, 1.165) is 54.6 Å². The number of benzene rings is 3. The van der Waals surface area contributed by atoms with Crippen molar-refractivity contribution in [3.8, 4) is 11.5 Å². The molecular formula is C42H50Cl2N6O4S+2. The van der Waals surface area contributed by atoms with Crippen LogP contribution in [0.15, 0.2) is 48.5 Å². The molecule has 5 aromatic rings. The summed E-state index contributed by atoms with van der Waals surface area (Å²) in [6.07, 6.45) is 9.12. The standard InChI is InChI=1S/C34H24Cl2N4O2.C4H11N.C2H7NO2S.C2H6/c1-3-39-23-11-7-5-9-17(23)19-13-21-27(15-25(19)39)41-33-29(35)32-34(30(36)31(33)37-21)42-28-16-26-20(14-22(28)38-32)18-10-6-8-12-24(18)40(26)4-2;1-3-5-4-2;1-3-6(2,4)5;1-2/h5-16,27-28H,3-4H2,1-2H3;5H,3-4H2,1-2H3;3H,1-2H3;1-2H3/p+2. The van der Waals surface area contributed by atoms with Gasteiger partial charge in [-0.3, -0.25) is 0 Å². The maximum atomic E-state index is 9.89. The van der Waals surface area contributed by atoms with Crippen LogP contribution < -0.4 is 50.6 Å². The number of halogens is 2. The fourth-order valence-corrected chi connectivity index (χ4v) is 7.82. The topological polar surface area (TPSA) is 114 Å². The van der Waals surface area contributed by atoms with E-state index in [1.54, 1.807) is 0 Å². The van der Waals surface area contributed by atoms with Crippen LogP contribution in [-0.2, 0) is 23.1 Å². The van der Waals surface area contributed by atoms with Gasteiger partial charge in [0.2, 0.25) is 45.2 Å². The summed E-state index contributed by atoms with van der Waals surface area (Å²) < 4.78 is 39.7. The van der Waals surface area contributed by atoms with E-state index >= 15 is 0 Å². The zero-order valence-corrected chi connectivity index (χ0v) is 34.9. The van der Waals surface area contributed by atoms with Gasteiger partial charge in [-0.1, -0.05) is 87.3 Å². The van der Waals surface area contributed by atoms with E-state index in [2.05, 4.69) is 130 Å². The number of hydrogen-bond acceptors (Lipinski definition) is 5. The molecule has 0 saturated carbocycles. The molecule has 2 aromatic heterocycles. The van der Waals surface area contributed by atoms with Crippen LogP contribution in [0.25, 0.3) is 46.1 Å². The minimum atomic E-state index is -2.91. The number of ether oxygens (including phenoxy) is 2. The van der Waals surface area contributed by atoms with Gasteiger partial charge in [0.25, 0.3) is 11.4 Å². The molecule has 2 aliphatic carbocycles. The smallest absolute Gasteiger partial charge is 0.271 e. The van der Waals surface area contributed by atoms with Crippen molar-refractivity contribution in [3.63, 3.8) is 0 Å². The van der Waals surface area contributed by atoms with Gasteiger partial charge >= 0.3 is 0 Å². The van der Waals surface area contributed by atoms with Gasteiger partial charge in [0.15, 0.2) is 10.0 Å². The monoisotopic (exact) mass is 804 g/mol. The van der Waals surface area contributed by atoms with Crippen LogP contribution in [0.2, 0.25) is 10.0 Å². The lowest BCUT2D eigenvalue weighted by molar-refractivity contribution is -0.367. The van der Waals surface area contributed by atoms with Gasteiger partial charge < -0.3 is 23.9 Å². The Morgan fingerprint density at radius 2 is 1.09 bits per heavy atom. The summed E-state index contributed by atoms with van der Waals surface area (Å²) in [5.74, 6) is 1.03. The minimum absolute atomic E-state index is 0.326. The fraction of sp³-hybridized carbons (Fsp3) is 0.333. The van der Waals surface area contributed by atoms with Crippen molar-refractivity contribution in [2.75, 3.05) is 26.4 Å². The second-order valence-electron chi connectivity index (χ2n) is 12.9. The second-order valence-corrected chi connectivity index (χ2v) is 15.7. The summed E-state index contributed by atoms with van der Waals surface area (Å²) >= 11 is 14.2. The number of nitrogens with one attached hydrogen (secondary N) is 4. The summed E-state index contributed by atoms with van der Waals surface area (Å²) in [7, 11) is -1.54. The first-order valence-electron chi connectivity index (χ1n) is 18.9. The highest BCUT2D eigenvalue weighted by atomic mass is 35.5. The van der Waals surface area contributed by atoms with Crippen molar-refractivity contribution in [2.24, 2.45) is 0 Å². The van der Waals surface area contributed by atoms with Crippen LogP contribution in [-0.4, -0.2) is 67.6 Å². The average molecular weight is 806 g/mol. The van der Waals surface area contributed by atoms with Crippen LogP contribution >= 0.6 is 23.2 Å². The van der Waals surface area contributed by atoms with E-state index in [9.17, 15) is 8.42 Å². The first kappa shape index (κ1) is 40.3. The third-order valence-corrected chi connectivity index (χ3v) is 11.2. The average Bonchev–Trinajstić information content (AvgIpc) is 3.69. The second kappa shape index (κ2) is 16.8. The summed E-state index contributed by atoms with van der Waals surface area (Å²) in [4.78, 5) is 7.11. The predicted molar refractivity (Wildman–Crippen MR) is 228 cm³/mol. The molecule has 0 radical (unpaired) electrons. The molecule has 0 bridgehead atoms. The molecule has 0 saturated heterocycles. The largest absolute Gasteiger partial charge is 0.467 e. The highest BCUT2D eigenvalue weighted by Gasteiger charge is 2.42. The maximum Gasteiger partial charge on any atom is 0.271 e. The lowest BCUT2D eigenvalue weighted by Crippen LogP contribution is -2.74. The maximum absolute atomic E-state index is 9.89. The van der Waals surface area contributed by atoms with Gasteiger partial charge in [0.1, 0.15) is 0 Å².